The maximum atomic E-state index is 12.5. The van der Waals surface area contributed by atoms with Crippen LogP contribution in [0, 0.1) is 0 Å². The molecule has 120 valence electrons. The Labute approximate surface area is 136 Å². The van der Waals surface area contributed by atoms with Crippen molar-refractivity contribution in [3.63, 3.8) is 0 Å². The van der Waals surface area contributed by atoms with Gasteiger partial charge in [-0.3, -0.25) is 4.90 Å². The lowest BCUT2D eigenvalue weighted by atomic mass is 10.4. The van der Waals surface area contributed by atoms with Gasteiger partial charge < -0.3 is 9.64 Å². The third kappa shape index (κ3) is 3.24. The van der Waals surface area contributed by atoms with Crippen LogP contribution in [0.4, 0.5) is 0 Å². The normalized spacial score (nSPS) is 21.1. The highest BCUT2D eigenvalue weighted by atomic mass is 32.2. The Balaban J connectivity index is 1.58. The van der Waals surface area contributed by atoms with Gasteiger partial charge in [0.1, 0.15) is 6.61 Å². The first-order chi connectivity index (χ1) is 10.6. The zero-order chi connectivity index (χ0) is 15.6. The Hall–Kier alpha value is -1.22. The van der Waals surface area contributed by atoms with Gasteiger partial charge in [-0.1, -0.05) is 18.2 Å². The Morgan fingerprint density at radius 3 is 2.32 bits per heavy atom. The number of thiocarbonyl (C=S) groups is 1. The fourth-order valence-electron chi connectivity index (χ4n) is 2.65. The van der Waals surface area contributed by atoms with Gasteiger partial charge in [-0.15, -0.1) is 0 Å². The summed E-state index contributed by atoms with van der Waals surface area (Å²) in [6, 6.07) is 8.59. The van der Waals surface area contributed by atoms with Crippen LogP contribution in [0.5, 0.6) is 0 Å². The van der Waals surface area contributed by atoms with Gasteiger partial charge in [-0.25, -0.2) is 8.42 Å². The Morgan fingerprint density at radius 1 is 1.05 bits per heavy atom. The van der Waals surface area contributed by atoms with Crippen LogP contribution in [0.25, 0.3) is 0 Å². The quantitative estimate of drug-likeness (QED) is 0.747. The Kier molecular flexibility index (Phi) is 4.62. The highest BCUT2D eigenvalue weighted by Gasteiger charge is 2.29. The van der Waals surface area contributed by atoms with Crippen molar-refractivity contribution in [1.82, 2.24) is 14.1 Å². The van der Waals surface area contributed by atoms with E-state index >= 15 is 0 Å². The smallest absolute Gasteiger partial charge is 0.260 e. The SMILES string of the molecule is O=S(=O)(c1ccccc1)N1CCN(CN2CCOC2=S)CC1. The number of ether oxygens (including phenoxy) is 1. The first-order valence-corrected chi connectivity index (χ1v) is 9.11. The van der Waals surface area contributed by atoms with E-state index in [0.717, 1.165) is 6.54 Å². The maximum absolute atomic E-state index is 12.5. The predicted octanol–water partition coefficient (Wildman–Crippen LogP) is 0.568. The van der Waals surface area contributed by atoms with Gasteiger partial charge >= 0.3 is 0 Å². The second-order valence-corrected chi connectivity index (χ2v) is 7.64. The van der Waals surface area contributed by atoms with Crippen LogP contribution >= 0.6 is 12.2 Å². The Bertz CT molecular complexity index is 628. The molecule has 0 saturated carbocycles. The highest BCUT2D eigenvalue weighted by molar-refractivity contribution is 7.89. The van der Waals surface area contributed by atoms with Crippen molar-refractivity contribution in [2.24, 2.45) is 0 Å². The fraction of sp³-hybridized carbons (Fsp3) is 0.500. The average molecular weight is 341 g/mol. The van der Waals surface area contributed by atoms with Crippen LogP contribution in [0.3, 0.4) is 0 Å². The molecule has 8 heteroatoms. The van der Waals surface area contributed by atoms with Gasteiger partial charge in [-0.2, -0.15) is 4.31 Å². The van der Waals surface area contributed by atoms with Crippen LogP contribution < -0.4 is 0 Å². The zero-order valence-corrected chi connectivity index (χ0v) is 13.9. The van der Waals surface area contributed by atoms with Crippen molar-refractivity contribution in [3.8, 4) is 0 Å². The summed E-state index contributed by atoms with van der Waals surface area (Å²) in [7, 11) is -3.38. The van der Waals surface area contributed by atoms with Crippen LogP contribution in [0.1, 0.15) is 0 Å². The predicted molar refractivity (Wildman–Crippen MR) is 86.9 cm³/mol. The second kappa shape index (κ2) is 6.49. The molecule has 22 heavy (non-hydrogen) atoms. The molecule has 0 unspecified atom stereocenters. The molecular weight excluding hydrogens is 322 g/mol. The van der Waals surface area contributed by atoms with Gasteiger partial charge in [0.15, 0.2) is 0 Å². The van der Waals surface area contributed by atoms with Crippen LogP contribution in [0.15, 0.2) is 35.2 Å². The minimum Gasteiger partial charge on any atom is -0.469 e. The van der Waals surface area contributed by atoms with Crippen molar-refractivity contribution in [3.05, 3.63) is 30.3 Å². The number of sulfonamides is 1. The molecule has 0 aliphatic carbocycles. The van der Waals surface area contributed by atoms with E-state index in [1.54, 1.807) is 28.6 Å². The summed E-state index contributed by atoms with van der Waals surface area (Å²) in [6.07, 6.45) is 0. The zero-order valence-electron chi connectivity index (χ0n) is 12.2. The van der Waals surface area contributed by atoms with Crippen molar-refractivity contribution < 1.29 is 13.2 Å². The second-order valence-electron chi connectivity index (χ2n) is 5.35. The molecule has 0 radical (unpaired) electrons. The number of piperazine rings is 1. The fourth-order valence-corrected chi connectivity index (χ4v) is 4.32. The molecule has 0 bridgehead atoms. The average Bonchev–Trinajstić information content (AvgIpc) is 2.94. The minimum absolute atomic E-state index is 0.359. The van der Waals surface area contributed by atoms with Gasteiger partial charge in [0.05, 0.1) is 18.1 Å². The number of nitrogens with zero attached hydrogens (tertiary/aromatic N) is 3. The molecule has 0 N–H and O–H groups in total. The monoisotopic (exact) mass is 341 g/mol. The third-order valence-corrected chi connectivity index (χ3v) is 6.22. The summed E-state index contributed by atoms with van der Waals surface area (Å²) in [5.41, 5.74) is 0. The van der Waals surface area contributed by atoms with Crippen molar-refractivity contribution in [1.29, 1.82) is 0 Å². The molecule has 3 rings (SSSR count). The van der Waals surface area contributed by atoms with E-state index in [9.17, 15) is 8.42 Å². The van der Waals surface area contributed by atoms with Crippen molar-refractivity contribution in [2.75, 3.05) is 46.0 Å². The summed E-state index contributed by atoms with van der Waals surface area (Å²) in [4.78, 5) is 4.58. The third-order valence-electron chi connectivity index (χ3n) is 3.93. The van der Waals surface area contributed by atoms with Crippen LogP contribution in [-0.2, 0) is 14.8 Å². The molecule has 0 amide bonds. The molecule has 0 spiro atoms. The largest absolute Gasteiger partial charge is 0.469 e. The molecule has 0 aromatic heterocycles. The number of hydrogen-bond acceptors (Lipinski definition) is 5. The summed E-state index contributed by atoms with van der Waals surface area (Å²) < 4.78 is 31.9. The summed E-state index contributed by atoms with van der Waals surface area (Å²) in [5, 5.41) is 0.541. The van der Waals surface area contributed by atoms with E-state index in [1.165, 1.54) is 0 Å². The summed E-state index contributed by atoms with van der Waals surface area (Å²) >= 11 is 5.13. The lowest BCUT2D eigenvalue weighted by Crippen LogP contribution is -2.51. The van der Waals surface area contributed by atoms with E-state index in [0.29, 0.717) is 49.5 Å². The van der Waals surface area contributed by atoms with E-state index < -0.39 is 10.0 Å². The van der Waals surface area contributed by atoms with E-state index in [1.807, 2.05) is 11.0 Å². The lowest BCUT2D eigenvalue weighted by Gasteiger charge is -2.35. The molecular formula is C14H19N3O3S2. The van der Waals surface area contributed by atoms with Gasteiger partial charge in [0.25, 0.3) is 5.17 Å². The molecule has 2 fully saturated rings. The summed E-state index contributed by atoms with van der Waals surface area (Å²) in [5.74, 6) is 0. The van der Waals surface area contributed by atoms with Crippen molar-refractivity contribution in [2.45, 2.75) is 4.90 Å². The molecule has 2 aliphatic rings. The molecule has 1 aromatic rings. The first kappa shape index (κ1) is 15.7. The lowest BCUT2D eigenvalue weighted by molar-refractivity contribution is 0.142. The molecule has 2 heterocycles. The van der Waals surface area contributed by atoms with Gasteiger partial charge in [0, 0.05) is 26.2 Å². The van der Waals surface area contributed by atoms with Crippen LogP contribution in [0.2, 0.25) is 0 Å². The maximum Gasteiger partial charge on any atom is 0.260 e. The number of rotatable bonds is 4. The molecule has 1 aromatic carbocycles. The topological polar surface area (TPSA) is 53.1 Å². The van der Waals surface area contributed by atoms with Crippen molar-refractivity contribution >= 4 is 27.4 Å². The standard InChI is InChI=1S/C14H19N3O3S2/c18-22(19,13-4-2-1-3-5-13)17-8-6-15(7-9-17)12-16-10-11-20-14(16)21/h1-5H,6-12H2. The number of benzene rings is 1. The van der Waals surface area contributed by atoms with Crippen LogP contribution in [-0.4, -0.2) is 73.7 Å². The van der Waals surface area contributed by atoms with E-state index in [2.05, 4.69) is 4.90 Å². The van der Waals surface area contributed by atoms with Gasteiger partial charge in [0.2, 0.25) is 10.0 Å². The van der Waals surface area contributed by atoms with E-state index in [-0.39, 0.29) is 0 Å². The molecule has 2 aliphatic heterocycles. The molecule has 0 atom stereocenters. The Morgan fingerprint density at radius 2 is 1.73 bits per heavy atom. The minimum atomic E-state index is -3.38. The van der Waals surface area contributed by atoms with E-state index in [4.69, 9.17) is 17.0 Å². The first-order valence-electron chi connectivity index (χ1n) is 7.26. The van der Waals surface area contributed by atoms with Gasteiger partial charge in [-0.05, 0) is 24.4 Å². The summed E-state index contributed by atoms with van der Waals surface area (Å²) in [6.45, 7) is 4.55. The number of hydrogen-bond donors (Lipinski definition) is 0. The molecule has 2 saturated heterocycles. The molecule has 6 nitrogen and oxygen atoms in total. The highest BCUT2D eigenvalue weighted by Crippen LogP contribution is 2.17.